The maximum Gasteiger partial charge on any atom is 0.429 e. The topological polar surface area (TPSA) is 160 Å². The first-order chi connectivity index (χ1) is 28.1. The van der Waals surface area contributed by atoms with Gasteiger partial charge in [0.05, 0.1) is 65.4 Å². The maximum absolute atomic E-state index is 13.2. The van der Waals surface area contributed by atoms with Crippen LogP contribution in [0.2, 0.25) is 0 Å². The molecule has 0 saturated carbocycles. The highest BCUT2D eigenvalue weighted by molar-refractivity contribution is 5.82. The first-order valence-corrected chi connectivity index (χ1v) is 19.0. The number of nitrogens with zero attached hydrogens (tertiary/aromatic N) is 5. The molecule has 3 aromatic rings. The molecule has 16 nitrogen and oxygen atoms in total. The van der Waals surface area contributed by atoms with Gasteiger partial charge in [-0.1, -0.05) is 54.6 Å². The van der Waals surface area contributed by atoms with Crippen molar-refractivity contribution in [3.63, 3.8) is 0 Å². The Morgan fingerprint density at radius 2 is 1.09 bits per heavy atom. The van der Waals surface area contributed by atoms with Gasteiger partial charge in [-0.05, 0) is 41.0 Å². The second-order valence-electron chi connectivity index (χ2n) is 13.8. The molecule has 58 heavy (non-hydrogen) atoms. The molecule has 0 bridgehead atoms. The van der Waals surface area contributed by atoms with Gasteiger partial charge in [0.1, 0.15) is 30.4 Å². The number of hydrazine groups is 2. The van der Waals surface area contributed by atoms with Crippen LogP contribution in [0.3, 0.4) is 0 Å². The maximum atomic E-state index is 13.2. The molecule has 4 heterocycles. The Morgan fingerprint density at radius 3 is 1.64 bits per heavy atom. The molecular weight excluding hydrogens is 762 g/mol. The lowest BCUT2D eigenvalue weighted by Gasteiger charge is -2.27. The standard InChI is InChI=1S/C24H26FN3O6.C16H20FN3O4/c25-20-8-6-18(7-9-20)14-22(29)27-15-21(34-23(30)26-10-12-32-13-11-26)16-28(27)24(31)33-17-19-4-2-1-3-5-19;17-13-3-1-12(2-4-13)9-15(21)20-11-14(10-18-20)24-16(22)19-5-7-23-8-6-19/h1-9,21H,10-17H2;1-4,14,18H,5-11H2. The van der Waals surface area contributed by atoms with E-state index in [1.165, 1.54) is 51.3 Å². The van der Waals surface area contributed by atoms with E-state index in [4.69, 9.17) is 23.7 Å². The van der Waals surface area contributed by atoms with Gasteiger partial charge in [-0.3, -0.25) is 14.6 Å². The molecule has 4 saturated heterocycles. The Morgan fingerprint density at radius 1 is 0.586 bits per heavy atom. The van der Waals surface area contributed by atoms with Crippen molar-refractivity contribution in [3.8, 4) is 0 Å². The zero-order chi connectivity index (χ0) is 40.9. The summed E-state index contributed by atoms with van der Waals surface area (Å²) in [7, 11) is 0. The summed E-state index contributed by atoms with van der Waals surface area (Å²) in [5.41, 5.74) is 5.06. The summed E-state index contributed by atoms with van der Waals surface area (Å²) in [6.45, 7) is 4.49. The molecule has 2 atom stereocenters. The highest BCUT2D eigenvalue weighted by atomic mass is 19.1. The van der Waals surface area contributed by atoms with Gasteiger partial charge in [0.2, 0.25) is 11.8 Å². The summed E-state index contributed by atoms with van der Waals surface area (Å²) in [4.78, 5) is 65.8. The van der Waals surface area contributed by atoms with Crippen molar-refractivity contribution in [1.82, 2.24) is 30.3 Å². The third kappa shape index (κ3) is 12.1. The molecule has 0 aromatic heterocycles. The van der Waals surface area contributed by atoms with E-state index in [1.807, 2.05) is 30.3 Å². The predicted molar refractivity (Wildman–Crippen MR) is 200 cm³/mol. The van der Waals surface area contributed by atoms with Crippen LogP contribution in [-0.4, -0.2) is 146 Å². The molecule has 4 fully saturated rings. The molecule has 0 radical (unpaired) electrons. The van der Waals surface area contributed by atoms with Crippen LogP contribution in [-0.2, 0) is 52.7 Å². The van der Waals surface area contributed by atoms with Crippen LogP contribution in [0.1, 0.15) is 16.7 Å². The zero-order valence-corrected chi connectivity index (χ0v) is 31.8. The number of hydrogen-bond acceptors (Lipinski definition) is 11. The van der Waals surface area contributed by atoms with Crippen LogP contribution in [0.5, 0.6) is 0 Å². The lowest BCUT2D eigenvalue weighted by molar-refractivity contribution is -0.141. The Bertz CT molecular complexity index is 1850. The van der Waals surface area contributed by atoms with Crippen LogP contribution in [0.4, 0.5) is 23.2 Å². The number of morpholine rings is 2. The normalized spacial score (nSPS) is 19.2. The van der Waals surface area contributed by atoms with Crippen molar-refractivity contribution in [2.45, 2.75) is 31.7 Å². The number of amides is 5. The minimum atomic E-state index is -0.721. The Labute approximate surface area is 334 Å². The summed E-state index contributed by atoms with van der Waals surface area (Å²) in [5, 5.41) is 3.83. The number of carbonyl (C=O) groups is 5. The highest BCUT2D eigenvalue weighted by Gasteiger charge is 2.40. The van der Waals surface area contributed by atoms with Crippen LogP contribution >= 0.6 is 0 Å². The molecule has 2 unspecified atom stereocenters. The Kier molecular flexibility index (Phi) is 14.8. The largest absolute Gasteiger partial charge is 0.443 e. The first-order valence-electron chi connectivity index (χ1n) is 19.0. The van der Waals surface area contributed by atoms with Crippen LogP contribution in [0, 0.1) is 11.6 Å². The van der Waals surface area contributed by atoms with E-state index in [0.717, 1.165) is 16.1 Å². The van der Waals surface area contributed by atoms with Crippen molar-refractivity contribution in [1.29, 1.82) is 0 Å². The molecule has 0 spiro atoms. The molecule has 0 aliphatic carbocycles. The number of ether oxygens (including phenoxy) is 5. The molecular formula is C40H46F2N6O10. The van der Waals surface area contributed by atoms with Gasteiger partial charge in [0, 0.05) is 26.2 Å². The van der Waals surface area contributed by atoms with Crippen molar-refractivity contribution >= 4 is 30.1 Å². The number of halogens is 2. The molecule has 1 N–H and O–H groups in total. The minimum absolute atomic E-state index is 0.0105. The third-order valence-corrected chi connectivity index (χ3v) is 9.56. The quantitative estimate of drug-likeness (QED) is 0.334. The number of rotatable bonds is 8. The summed E-state index contributed by atoms with van der Waals surface area (Å²) in [6, 6.07) is 20.5. The van der Waals surface area contributed by atoms with Gasteiger partial charge >= 0.3 is 18.3 Å². The van der Waals surface area contributed by atoms with Crippen molar-refractivity contribution in [3.05, 3.63) is 107 Å². The van der Waals surface area contributed by atoms with Gasteiger partial charge < -0.3 is 33.5 Å². The van der Waals surface area contributed by atoms with Gasteiger partial charge in [-0.25, -0.2) is 38.6 Å². The van der Waals surface area contributed by atoms with E-state index < -0.39 is 30.0 Å². The second kappa shape index (κ2) is 20.5. The smallest absolute Gasteiger partial charge is 0.429 e. The van der Waals surface area contributed by atoms with E-state index in [0.29, 0.717) is 71.3 Å². The summed E-state index contributed by atoms with van der Waals surface area (Å²) in [6.07, 6.45) is -2.59. The fourth-order valence-electron chi connectivity index (χ4n) is 6.40. The summed E-state index contributed by atoms with van der Waals surface area (Å²) in [5.74, 6) is -1.28. The SMILES string of the molecule is O=C(OC1CN(C(=O)Cc2ccc(F)cc2)N(C(=O)OCc2ccccc2)C1)N1CCOCC1.O=C(OC1CNN(C(=O)Cc2ccc(F)cc2)C1)N1CCOCC1. The van der Waals surface area contributed by atoms with Crippen LogP contribution in [0.25, 0.3) is 0 Å². The van der Waals surface area contributed by atoms with E-state index in [-0.39, 0.29) is 56.5 Å². The van der Waals surface area contributed by atoms with Crippen LogP contribution in [0.15, 0.2) is 78.9 Å². The molecule has 310 valence electrons. The molecule has 7 rings (SSSR count). The average Bonchev–Trinajstić information content (AvgIpc) is 3.91. The monoisotopic (exact) mass is 808 g/mol. The Balaban J connectivity index is 0.000000208. The molecule has 5 amide bonds. The number of nitrogens with one attached hydrogen (secondary N) is 1. The van der Waals surface area contributed by atoms with Gasteiger partial charge in [0.25, 0.3) is 0 Å². The van der Waals surface area contributed by atoms with E-state index in [2.05, 4.69) is 5.43 Å². The molecule has 3 aromatic carbocycles. The first kappa shape index (κ1) is 41.8. The van der Waals surface area contributed by atoms with E-state index in [1.54, 1.807) is 17.0 Å². The van der Waals surface area contributed by atoms with E-state index in [9.17, 15) is 32.8 Å². The van der Waals surface area contributed by atoms with E-state index >= 15 is 0 Å². The summed E-state index contributed by atoms with van der Waals surface area (Å²) >= 11 is 0. The minimum Gasteiger partial charge on any atom is -0.443 e. The lowest BCUT2D eigenvalue weighted by atomic mass is 10.1. The van der Waals surface area contributed by atoms with Crippen LogP contribution < -0.4 is 5.43 Å². The number of hydrogen-bond donors (Lipinski definition) is 1. The highest BCUT2D eigenvalue weighted by Crippen LogP contribution is 2.20. The fraction of sp³-hybridized carbons (Fsp3) is 0.425. The van der Waals surface area contributed by atoms with Gasteiger partial charge in [-0.2, -0.15) is 0 Å². The molecule has 4 aliphatic heterocycles. The lowest BCUT2D eigenvalue weighted by Crippen LogP contribution is -2.45. The van der Waals surface area contributed by atoms with Crippen molar-refractivity contribution in [2.75, 3.05) is 78.8 Å². The van der Waals surface area contributed by atoms with Crippen molar-refractivity contribution in [2.24, 2.45) is 0 Å². The summed E-state index contributed by atoms with van der Waals surface area (Å²) < 4.78 is 53.0. The van der Waals surface area contributed by atoms with Gasteiger partial charge in [-0.15, -0.1) is 0 Å². The number of carbonyl (C=O) groups excluding carboxylic acids is 5. The Hall–Kier alpha value is -5.85. The average molecular weight is 809 g/mol. The second-order valence-corrected chi connectivity index (χ2v) is 13.8. The predicted octanol–water partition coefficient (Wildman–Crippen LogP) is 3.15. The van der Waals surface area contributed by atoms with Crippen molar-refractivity contribution < 1.29 is 56.4 Å². The zero-order valence-electron chi connectivity index (χ0n) is 31.8. The van der Waals surface area contributed by atoms with Gasteiger partial charge in [0.15, 0.2) is 0 Å². The third-order valence-electron chi connectivity index (χ3n) is 9.56. The fourth-order valence-corrected chi connectivity index (χ4v) is 6.40. The molecule has 18 heteroatoms. The number of benzene rings is 3. The molecule has 4 aliphatic rings.